The van der Waals surface area contributed by atoms with Crippen molar-refractivity contribution in [1.82, 2.24) is 20.5 Å². The number of anilines is 1. The van der Waals surface area contributed by atoms with Crippen LogP contribution in [0.15, 0.2) is 30.6 Å². The fraction of sp³-hybridized carbons (Fsp3) is 0.182. The zero-order valence-electron chi connectivity index (χ0n) is 10.4. The van der Waals surface area contributed by atoms with Gasteiger partial charge in [-0.25, -0.2) is 9.78 Å². The van der Waals surface area contributed by atoms with E-state index in [-0.39, 0.29) is 12.3 Å². The molecule has 3 N–H and O–H groups in total. The fourth-order valence-electron chi connectivity index (χ4n) is 1.40. The van der Waals surface area contributed by atoms with Gasteiger partial charge >= 0.3 is 12.4 Å². The van der Waals surface area contributed by atoms with Gasteiger partial charge in [0.2, 0.25) is 0 Å². The number of carbonyl (C=O) groups is 1. The average Bonchev–Trinajstić information content (AvgIpc) is 2.90. The molecule has 0 saturated heterocycles. The van der Waals surface area contributed by atoms with Gasteiger partial charge in [-0.2, -0.15) is 5.10 Å². The molecule has 21 heavy (non-hydrogen) atoms. The quantitative estimate of drug-likeness (QED) is 0.805. The number of aromatic amines is 1. The Morgan fingerprint density at radius 1 is 1.29 bits per heavy atom. The number of urea groups is 1. The second-order valence-electron chi connectivity index (χ2n) is 3.81. The van der Waals surface area contributed by atoms with Gasteiger partial charge in [-0.1, -0.05) is 0 Å². The Morgan fingerprint density at radius 2 is 2.00 bits per heavy atom. The van der Waals surface area contributed by atoms with E-state index in [1.54, 1.807) is 0 Å². The number of nitrogens with zero attached hydrogens (tertiary/aromatic N) is 2. The molecule has 2 rings (SSSR count). The number of benzene rings is 1. The summed E-state index contributed by atoms with van der Waals surface area (Å²) in [4.78, 5) is 15.3. The number of ether oxygens (including phenoxy) is 1. The molecule has 0 bridgehead atoms. The number of hydrogen-bond donors (Lipinski definition) is 3. The first kappa shape index (κ1) is 14.6. The highest BCUT2D eigenvalue weighted by Gasteiger charge is 2.30. The first-order valence-electron chi connectivity index (χ1n) is 5.67. The summed E-state index contributed by atoms with van der Waals surface area (Å²) >= 11 is 0. The number of halogens is 3. The fourth-order valence-corrected chi connectivity index (χ4v) is 1.40. The number of alkyl halides is 3. The van der Waals surface area contributed by atoms with Gasteiger partial charge in [-0.15, -0.1) is 13.2 Å². The van der Waals surface area contributed by atoms with Crippen molar-refractivity contribution in [2.75, 3.05) is 5.32 Å². The van der Waals surface area contributed by atoms with Crippen LogP contribution in [0.2, 0.25) is 0 Å². The zero-order valence-corrected chi connectivity index (χ0v) is 10.4. The highest BCUT2D eigenvalue weighted by molar-refractivity contribution is 5.89. The topological polar surface area (TPSA) is 91.9 Å². The van der Waals surface area contributed by atoms with E-state index in [0.29, 0.717) is 11.5 Å². The zero-order chi connectivity index (χ0) is 15.3. The van der Waals surface area contributed by atoms with Crippen molar-refractivity contribution in [3.05, 3.63) is 36.4 Å². The largest absolute Gasteiger partial charge is 0.573 e. The summed E-state index contributed by atoms with van der Waals surface area (Å²) in [7, 11) is 0. The minimum atomic E-state index is -4.75. The molecule has 1 heterocycles. The van der Waals surface area contributed by atoms with E-state index in [4.69, 9.17) is 0 Å². The van der Waals surface area contributed by atoms with Crippen molar-refractivity contribution in [3.63, 3.8) is 0 Å². The minimum absolute atomic E-state index is 0.140. The summed E-state index contributed by atoms with van der Waals surface area (Å²) in [5.74, 6) is 0.106. The van der Waals surface area contributed by atoms with Crippen LogP contribution in [0.4, 0.5) is 23.7 Å². The van der Waals surface area contributed by atoms with E-state index in [0.717, 1.165) is 12.1 Å². The molecule has 0 aliphatic carbocycles. The molecule has 0 spiro atoms. The van der Waals surface area contributed by atoms with Gasteiger partial charge in [-0.3, -0.25) is 5.10 Å². The van der Waals surface area contributed by atoms with Crippen LogP contribution in [-0.2, 0) is 6.54 Å². The lowest BCUT2D eigenvalue weighted by Crippen LogP contribution is -2.28. The highest BCUT2D eigenvalue weighted by Crippen LogP contribution is 2.23. The Morgan fingerprint density at radius 3 is 2.57 bits per heavy atom. The third-order valence-electron chi connectivity index (χ3n) is 2.23. The molecule has 7 nitrogen and oxygen atoms in total. The minimum Gasteiger partial charge on any atom is -0.406 e. The molecular weight excluding hydrogens is 291 g/mol. The summed E-state index contributed by atoms with van der Waals surface area (Å²) in [5.41, 5.74) is 0.319. The summed E-state index contributed by atoms with van der Waals surface area (Å²) in [5, 5.41) is 11.1. The molecule has 0 aliphatic rings. The molecule has 0 fully saturated rings. The van der Waals surface area contributed by atoms with Crippen LogP contribution in [0.1, 0.15) is 5.82 Å². The van der Waals surface area contributed by atoms with Crippen molar-refractivity contribution in [2.24, 2.45) is 0 Å². The predicted octanol–water partition coefficient (Wildman–Crippen LogP) is 2.02. The van der Waals surface area contributed by atoms with Gasteiger partial charge in [0.15, 0.2) is 0 Å². The molecule has 0 atom stereocenters. The van der Waals surface area contributed by atoms with Crippen LogP contribution in [0, 0.1) is 0 Å². The van der Waals surface area contributed by atoms with Crippen LogP contribution in [0.25, 0.3) is 0 Å². The number of aromatic nitrogens is 3. The van der Waals surface area contributed by atoms with E-state index in [1.165, 1.54) is 18.5 Å². The Balaban J connectivity index is 1.83. The van der Waals surface area contributed by atoms with Gasteiger partial charge in [0, 0.05) is 5.69 Å². The number of rotatable bonds is 4. The summed E-state index contributed by atoms with van der Waals surface area (Å²) in [6, 6.07) is 4.24. The molecule has 1 aromatic carbocycles. The van der Waals surface area contributed by atoms with Gasteiger partial charge in [0.05, 0.1) is 6.54 Å². The molecule has 2 aromatic rings. The van der Waals surface area contributed by atoms with Gasteiger partial charge in [0.1, 0.15) is 17.9 Å². The summed E-state index contributed by atoms with van der Waals surface area (Å²) in [6.07, 6.45) is -3.45. The second-order valence-corrected chi connectivity index (χ2v) is 3.81. The smallest absolute Gasteiger partial charge is 0.406 e. The number of H-pyrrole nitrogens is 1. The van der Waals surface area contributed by atoms with Crippen molar-refractivity contribution >= 4 is 11.7 Å². The SMILES string of the molecule is O=C(NCc1ncn[nH]1)Nc1ccc(OC(F)(F)F)cc1. The van der Waals surface area contributed by atoms with Crippen LogP contribution in [0.3, 0.4) is 0 Å². The maximum absolute atomic E-state index is 12.0. The van der Waals surface area contributed by atoms with Crippen molar-refractivity contribution in [3.8, 4) is 5.75 Å². The number of amides is 2. The van der Waals surface area contributed by atoms with E-state index in [9.17, 15) is 18.0 Å². The monoisotopic (exact) mass is 301 g/mol. The predicted molar refractivity (Wildman–Crippen MR) is 65.4 cm³/mol. The van der Waals surface area contributed by atoms with Crippen LogP contribution in [0.5, 0.6) is 5.75 Å². The summed E-state index contributed by atoms with van der Waals surface area (Å²) < 4.78 is 39.6. The van der Waals surface area contributed by atoms with Crippen LogP contribution < -0.4 is 15.4 Å². The highest BCUT2D eigenvalue weighted by atomic mass is 19.4. The van der Waals surface area contributed by atoms with Gasteiger partial charge in [0.25, 0.3) is 0 Å². The Labute approximate surface area is 116 Å². The Bertz CT molecular complexity index is 583. The lowest BCUT2D eigenvalue weighted by atomic mass is 10.3. The molecule has 1 aromatic heterocycles. The van der Waals surface area contributed by atoms with E-state index in [1.807, 2.05) is 0 Å². The molecule has 2 amide bonds. The molecule has 0 saturated carbocycles. The molecule has 10 heteroatoms. The third kappa shape index (κ3) is 5.01. The maximum atomic E-state index is 12.0. The third-order valence-corrected chi connectivity index (χ3v) is 2.23. The number of carbonyl (C=O) groups excluding carboxylic acids is 1. The molecule has 0 radical (unpaired) electrons. The molecule has 0 aliphatic heterocycles. The first-order valence-corrected chi connectivity index (χ1v) is 5.67. The van der Waals surface area contributed by atoms with Crippen LogP contribution in [-0.4, -0.2) is 27.6 Å². The van der Waals surface area contributed by atoms with E-state index in [2.05, 4.69) is 30.6 Å². The van der Waals surface area contributed by atoms with E-state index >= 15 is 0 Å². The standard InChI is InChI=1S/C11H10F3N5O2/c12-11(13,14)21-8-3-1-7(2-4-8)18-10(20)15-5-9-16-6-17-19-9/h1-4,6H,5H2,(H2,15,18,20)(H,16,17,19). The molecular formula is C11H10F3N5O2. The van der Waals surface area contributed by atoms with E-state index < -0.39 is 12.4 Å². The second kappa shape index (κ2) is 6.11. The van der Waals surface area contributed by atoms with Crippen molar-refractivity contribution in [1.29, 1.82) is 0 Å². The number of nitrogens with one attached hydrogen (secondary N) is 3. The Kier molecular flexibility index (Phi) is 4.26. The summed E-state index contributed by atoms with van der Waals surface area (Å²) in [6.45, 7) is 0.140. The van der Waals surface area contributed by atoms with Crippen molar-refractivity contribution in [2.45, 2.75) is 12.9 Å². The first-order chi connectivity index (χ1) is 9.92. The average molecular weight is 301 g/mol. The normalized spacial score (nSPS) is 11.0. The van der Waals surface area contributed by atoms with Gasteiger partial charge in [-0.05, 0) is 24.3 Å². The molecule has 112 valence electrons. The Hall–Kier alpha value is -2.78. The lowest BCUT2D eigenvalue weighted by Gasteiger charge is -2.10. The van der Waals surface area contributed by atoms with Crippen LogP contribution >= 0.6 is 0 Å². The van der Waals surface area contributed by atoms with Gasteiger partial charge < -0.3 is 15.4 Å². The molecule has 0 unspecified atom stereocenters. The maximum Gasteiger partial charge on any atom is 0.573 e. The number of hydrogen-bond acceptors (Lipinski definition) is 4. The van der Waals surface area contributed by atoms with Crippen molar-refractivity contribution < 1.29 is 22.7 Å². The lowest BCUT2D eigenvalue weighted by molar-refractivity contribution is -0.274.